The number of carbonyl (C=O) groups excluding carboxylic acids is 1. The van der Waals surface area contributed by atoms with E-state index in [-0.39, 0.29) is 17.8 Å². The Hall–Kier alpha value is -2.51. The van der Waals surface area contributed by atoms with Crippen LogP contribution in [0.5, 0.6) is 5.75 Å². The normalized spacial score (nSPS) is 11.9. The summed E-state index contributed by atoms with van der Waals surface area (Å²) in [5, 5.41) is 12.8. The van der Waals surface area contributed by atoms with E-state index in [0.29, 0.717) is 28.3 Å². The number of amides is 1. The highest BCUT2D eigenvalue weighted by Crippen LogP contribution is 2.26. The fourth-order valence-corrected chi connectivity index (χ4v) is 3.98. The summed E-state index contributed by atoms with van der Waals surface area (Å²) < 4.78 is 7.93. The first-order valence-corrected chi connectivity index (χ1v) is 11.1. The van der Waals surface area contributed by atoms with Crippen LogP contribution < -0.4 is 10.1 Å². The van der Waals surface area contributed by atoms with Gasteiger partial charge in [0.1, 0.15) is 5.75 Å². The molecule has 0 fully saturated rings. The molecule has 3 aromatic rings. The largest absolute Gasteiger partial charge is 0.483 e. The number of benzene rings is 2. The lowest BCUT2D eigenvalue weighted by atomic mass is 10.1. The van der Waals surface area contributed by atoms with Gasteiger partial charge in [0.25, 0.3) is 0 Å². The standard InChI is InChI=1S/C22H25ClN4O2S/c1-5-27-21(16(4)29-18-8-6-7-17(23)12-18)25-26-22(27)30-13-20(28)24-19-11-14(2)9-10-15(19)3/h6-12,16H,5,13H2,1-4H3,(H,24,28). The van der Waals surface area contributed by atoms with Crippen molar-refractivity contribution < 1.29 is 9.53 Å². The summed E-state index contributed by atoms with van der Waals surface area (Å²) in [5.74, 6) is 1.54. The van der Waals surface area contributed by atoms with Gasteiger partial charge in [-0.1, -0.05) is 41.6 Å². The number of nitrogens with zero attached hydrogens (tertiary/aromatic N) is 3. The molecule has 1 amide bonds. The van der Waals surface area contributed by atoms with E-state index in [1.807, 2.05) is 62.6 Å². The van der Waals surface area contributed by atoms with Crippen molar-refractivity contribution in [3.63, 3.8) is 0 Å². The molecule has 30 heavy (non-hydrogen) atoms. The Balaban J connectivity index is 1.65. The van der Waals surface area contributed by atoms with Crippen LogP contribution in [0, 0.1) is 13.8 Å². The molecule has 0 spiro atoms. The van der Waals surface area contributed by atoms with E-state index in [4.69, 9.17) is 16.3 Å². The zero-order valence-electron chi connectivity index (χ0n) is 17.5. The molecule has 158 valence electrons. The molecule has 0 radical (unpaired) electrons. The van der Waals surface area contributed by atoms with Gasteiger partial charge in [-0.15, -0.1) is 10.2 Å². The molecule has 8 heteroatoms. The number of anilines is 1. The van der Waals surface area contributed by atoms with Gasteiger partial charge >= 0.3 is 0 Å². The van der Waals surface area contributed by atoms with Crippen LogP contribution in [-0.2, 0) is 11.3 Å². The number of hydrogen-bond donors (Lipinski definition) is 1. The molecule has 1 unspecified atom stereocenters. The Kier molecular flexibility index (Phi) is 7.39. The first-order valence-electron chi connectivity index (χ1n) is 9.72. The van der Waals surface area contributed by atoms with Crippen molar-refractivity contribution in [2.45, 2.75) is 45.5 Å². The maximum atomic E-state index is 12.4. The summed E-state index contributed by atoms with van der Waals surface area (Å²) in [6.07, 6.45) is -0.311. The van der Waals surface area contributed by atoms with E-state index in [0.717, 1.165) is 16.8 Å². The maximum Gasteiger partial charge on any atom is 0.234 e. The third kappa shape index (κ3) is 5.55. The van der Waals surface area contributed by atoms with Gasteiger partial charge in [-0.3, -0.25) is 4.79 Å². The number of halogens is 1. The fraction of sp³-hybridized carbons (Fsp3) is 0.318. The molecular formula is C22H25ClN4O2S. The van der Waals surface area contributed by atoms with Crippen LogP contribution >= 0.6 is 23.4 Å². The zero-order valence-corrected chi connectivity index (χ0v) is 19.0. The van der Waals surface area contributed by atoms with Crippen LogP contribution in [0.2, 0.25) is 5.02 Å². The minimum Gasteiger partial charge on any atom is -0.483 e. The Labute approximate surface area is 186 Å². The number of hydrogen-bond acceptors (Lipinski definition) is 5. The average molecular weight is 445 g/mol. The minimum absolute atomic E-state index is 0.0795. The molecule has 0 saturated carbocycles. The zero-order chi connectivity index (χ0) is 21.7. The molecule has 1 heterocycles. The van der Waals surface area contributed by atoms with Gasteiger partial charge in [0.15, 0.2) is 17.1 Å². The average Bonchev–Trinajstić information content (AvgIpc) is 3.12. The lowest BCUT2D eigenvalue weighted by Crippen LogP contribution is -2.16. The van der Waals surface area contributed by atoms with Crippen molar-refractivity contribution >= 4 is 35.0 Å². The lowest BCUT2D eigenvalue weighted by molar-refractivity contribution is -0.113. The summed E-state index contributed by atoms with van der Waals surface area (Å²) in [6, 6.07) is 13.2. The van der Waals surface area contributed by atoms with Gasteiger partial charge < -0.3 is 14.6 Å². The van der Waals surface area contributed by atoms with Crippen LogP contribution in [0.25, 0.3) is 0 Å². The number of aryl methyl sites for hydroxylation is 2. The molecule has 0 aliphatic carbocycles. The van der Waals surface area contributed by atoms with Crippen molar-refractivity contribution in [3.05, 3.63) is 64.4 Å². The summed E-state index contributed by atoms with van der Waals surface area (Å²) in [5.41, 5.74) is 2.97. The second-order valence-corrected chi connectivity index (χ2v) is 8.34. The summed E-state index contributed by atoms with van der Waals surface area (Å²) in [7, 11) is 0. The molecule has 0 bridgehead atoms. The van der Waals surface area contributed by atoms with E-state index >= 15 is 0 Å². The fourth-order valence-electron chi connectivity index (χ4n) is 2.99. The molecule has 0 aliphatic heterocycles. The van der Waals surface area contributed by atoms with Crippen molar-refractivity contribution in [1.82, 2.24) is 14.8 Å². The second kappa shape index (κ2) is 10.00. The lowest BCUT2D eigenvalue weighted by Gasteiger charge is -2.15. The van der Waals surface area contributed by atoms with E-state index in [9.17, 15) is 4.79 Å². The molecular weight excluding hydrogens is 420 g/mol. The third-order valence-electron chi connectivity index (χ3n) is 4.53. The highest BCUT2D eigenvalue weighted by atomic mass is 35.5. The minimum atomic E-state index is -0.311. The smallest absolute Gasteiger partial charge is 0.234 e. The van der Waals surface area contributed by atoms with Gasteiger partial charge in [-0.25, -0.2) is 0 Å². The molecule has 1 aromatic heterocycles. The SMILES string of the molecule is CCn1c(SCC(=O)Nc2cc(C)ccc2C)nnc1C(C)Oc1cccc(Cl)c1. The topological polar surface area (TPSA) is 69.0 Å². The first-order chi connectivity index (χ1) is 14.4. The summed E-state index contributed by atoms with van der Waals surface area (Å²) >= 11 is 7.39. The van der Waals surface area contributed by atoms with Crippen LogP contribution in [0.4, 0.5) is 5.69 Å². The second-order valence-electron chi connectivity index (χ2n) is 6.96. The molecule has 2 aromatic carbocycles. The molecule has 0 saturated heterocycles. The van der Waals surface area contributed by atoms with E-state index in [1.54, 1.807) is 12.1 Å². The first kappa shape index (κ1) is 22.2. The molecule has 1 atom stereocenters. The van der Waals surface area contributed by atoms with Crippen LogP contribution in [0.15, 0.2) is 47.6 Å². The van der Waals surface area contributed by atoms with Crippen molar-refractivity contribution in [3.8, 4) is 5.75 Å². The predicted molar refractivity (Wildman–Crippen MR) is 121 cm³/mol. The van der Waals surface area contributed by atoms with Crippen molar-refractivity contribution in [2.75, 3.05) is 11.1 Å². The highest BCUT2D eigenvalue weighted by molar-refractivity contribution is 7.99. The number of thioether (sulfide) groups is 1. The monoisotopic (exact) mass is 444 g/mol. The van der Waals surface area contributed by atoms with Crippen LogP contribution in [0.3, 0.4) is 0 Å². The van der Waals surface area contributed by atoms with Crippen LogP contribution in [-0.4, -0.2) is 26.4 Å². The third-order valence-corrected chi connectivity index (χ3v) is 5.74. The molecule has 1 N–H and O–H groups in total. The quantitative estimate of drug-likeness (QED) is 0.468. The number of rotatable bonds is 8. The van der Waals surface area contributed by atoms with Crippen LogP contribution in [0.1, 0.15) is 36.9 Å². The van der Waals surface area contributed by atoms with Crippen molar-refractivity contribution in [2.24, 2.45) is 0 Å². The Bertz CT molecular complexity index is 1040. The van der Waals surface area contributed by atoms with Crippen molar-refractivity contribution in [1.29, 1.82) is 0 Å². The van der Waals surface area contributed by atoms with Gasteiger partial charge in [0, 0.05) is 17.3 Å². The van der Waals surface area contributed by atoms with Gasteiger partial charge in [0.2, 0.25) is 5.91 Å². The van der Waals surface area contributed by atoms with Gasteiger partial charge in [0.05, 0.1) is 5.75 Å². The highest BCUT2D eigenvalue weighted by Gasteiger charge is 2.19. The molecule has 6 nitrogen and oxygen atoms in total. The van der Waals surface area contributed by atoms with Gasteiger partial charge in [-0.05, 0) is 63.1 Å². The molecule has 3 rings (SSSR count). The van der Waals surface area contributed by atoms with E-state index in [2.05, 4.69) is 15.5 Å². The predicted octanol–water partition coefficient (Wildman–Crippen LogP) is 5.44. The maximum absolute atomic E-state index is 12.4. The Morgan fingerprint density at radius 3 is 2.77 bits per heavy atom. The summed E-state index contributed by atoms with van der Waals surface area (Å²) in [6.45, 7) is 8.58. The van der Waals surface area contributed by atoms with E-state index in [1.165, 1.54) is 11.8 Å². The Morgan fingerprint density at radius 1 is 1.23 bits per heavy atom. The number of carbonyl (C=O) groups is 1. The summed E-state index contributed by atoms with van der Waals surface area (Å²) in [4.78, 5) is 12.4. The Morgan fingerprint density at radius 2 is 2.03 bits per heavy atom. The molecule has 0 aliphatic rings. The number of ether oxygens (including phenoxy) is 1. The number of nitrogens with one attached hydrogen (secondary N) is 1. The van der Waals surface area contributed by atoms with E-state index < -0.39 is 0 Å². The number of aromatic nitrogens is 3. The van der Waals surface area contributed by atoms with Gasteiger partial charge in [-0.2, -0.15) is 0 Å².